The number of nitrogens with one attached hydrogen (secondary N) is 1. The van der Waals surface area contributed by atoms with Crippen LogP contribution < -0.4 is 16.0 Å². The fourth-order valence-corrected chi connectivity index (χ4v) is 2.61. The van der Waals surface area contributed by atoms with Crippen molar-refractivity contribution in [1.29, 1.82) is 10.5 Å². The maximum absolute atomic E-state index is 8.82. The molecular formula is C16H15Cl2N7. The summed E-state index contributed by atoms with van der Waals surface area (Å²) in [5.41, 5.74) is 7.10. The highest BCUT2D eigenvalue weighted by Crippen LogP contribution is 2.32. The normalized spacial score (nSPS) is 9.92. The van der Waals surface area contributed by atoms with Gasteiger partial charge in [-0.2, -0.15) is 10.5 Å². The number of nitrogen functional groups attached to an aromatic ring is 1. The SMILES string of the molecule is N#CCCN(CCC#N)c1ncnc(Nc2ccc(Cl)cc2Cl)c1N. The highest BCUT2D eigenvalue weighted by molar-refractivity contribution is 6.36. The second-order valence-electron chi connectivity index (χ2n) is 5.01. The van der Waals surface area contributed by atoms with E-state index in [2.05, 4.69) is 27.4 Å². The molecule has 0 unspecified atom stereocenters. The van der Waals surface area contributed by atoms with Gasteiger partial charge in [-0.15, -0.1) is 0 Å². The van der Waals surface area contributed by atoms with Crippen LogP contribution in [0.1, 0.15) is 12.8 Å². The van der Waals surface area contributed by atoms with Crippen molar-refractivity contribution in [3.05, 3.63) is 34.6 Å². The molecule has 0 atom stereocenters. The van der Waals surface area contributed by atoms with Crippen molar-refractivity contribution >= 4 is 46.2 Å². The quantitative estimate of drug-likeness (QED) is 0.756. The number of aromatic nitrogens is 2. The zero-order chi connectivity index (χ0) is 18.2. The van der Waals surface area contributed by atoms with Crippen LogP contribution in [0.3, 0.4) is 0 Å². The van der Waals surface area contributed by atoms with Gasteiger partial charge in [0.1, 0.15) is 12.0 Å². The third-order valence-electron chi connectivity index (χ3n) is 3.33. The van der Waals surface area contributed by atoms with Gasteiger partial charge in [0.15, 0.2) is 11.6 Å². The summed E-state index contributed by atoms with van der Waals surface area (Å²) in [7, 11) is 0. The Kier molecular flexibility index (Phi) is 6.64. The van der Waals surface area contributed by atoms with Gasteiger partial charge in [0.2, 0.25) is 0 Å². The molecule has 0 spiro atoms. The number of nitriles is 2. The molecule has 0 radical (unpaired) electrons. The second-order valence-corrected chi connectivity index (χ2v) is 5.86. The van der Waals surface area contributed by atoms with Crippen molar-refractivity contribution < 1.29 is 0 Å². The fourth-order valence-electron chi connectivity index (χ4n) is 2.15. The number of hydrogen-bond donors (Lipinski definition) is 2. The third kappa shape index (κ3) is 4.87. The van der Waals surface area contributed by atoms with Crippen molar-refractivity contribution in [2.45, 2.75) is 12.8 Å². The topological polar surface area (TPSA) is 115 Å². The van der Waals surface area contributed by atoms with Gasteiger partial charge in [-0.25, -0.2) is 9.97 Å². The van der Waals surface area contributed by atoms with E-state index >= 15 is 0 Å². The molecule has 9 heteroatoms. The van der Waals surface area contributed by atoms with Crippen molar-refractivity contribution in [3.8, 4) is 12.1 Å². The number of benzene rings is 1. The molecule has 1 aromatic heterocycles. The Morgan fingerprint density at radius 1 is 1.12 bits per heavy atom. The van der Waals surface area contributed by atoms with Crippen LogP contribution in [-0.2, 0) is 0 Å². The van der Waals surface area contributed by atoms with Gasteiger partial charge in [0.25, 0.3) is 0 Å². The van der Waals surface area contributed by atoms with Gasteiger partial charge in [-0.3, -0.25) is 0 Å². The number of nitrogens with two attached hydrogens (primary N) is 1. The monoisotopic (exact) mass is 375 g/mol. The Labute approximate surface area is 155 Å². The molecule has 0 bridgehead atoms. The summed E-state index contributed by atoms with van der Waals surface area (Å²) < 4.78 is 0. The minimum Gasteiger partial charge on any atom is -0.393 e. The van der Waals surface area contributed by atoms with Crippen LogP contribution >= 0.6 is 23.2 Å². The summed E-state index contributed by atoms with van der Waals surface area (Å²) in [5, 5.41) is 21.6. The van der Waals surface area contributed by atoms with E-state index in [-0.39, 0.29) is 0 Å². The van der Waals surface area contributed by atoms with Crippen LogP contribution in [0.15, 0.2) is 24.5 Å². The number of rotatable bonds is 7. The highest BCUT2D eigenvalue weighted by atomic mass is 35.5. The Morgan fingerprint density at radius 3 is 2.40 bits per heavy atom. The summed E-state index contributed by atoms with van der Waals surface area (Å²) in [5.74, 6) is 0.848. The lowest BCUT2D eigenvalue weighted by atomic mass is 10.3. The molecule has 0 amide bonds. The molecule has 7 nitrogen and oxygen atoms in total. The van der Waals surface area contributed by atoms with Crippen LogP contribution in [0.5, 0.6) is 0 Å². The molecule has 0 saturated carbocycles. The summed E-state index contributed by atoms with van der Waals surface area (Å²) in [6, 6.07) is 9.17. The first-order valence-electron chi connectivity index (χ1n) is 7.38. The van der Waals surface area contributed by atoms with Crippen molar-refractivity contribution in [3.63, 3.8) is 0 Å². The molecule has 25 heavy (non-hydrogen) atoms. The molecule has 3 N–H and O–H groups in total. The standard InChI is InChI=1S/C16H15Cl2N7/c17-11-3-4-13(12(18)9-11)24-15-14(21)16(23-10-22-15)25(7-1-5-19)8-2-6-20/h3-4,9-10H,1-2,7-8,21H2,(H,22,23,24). The molecule has 0 aliphatic heterocycles. The number of anilines is 4. The molecule has 2 rings (SSSR count). The van der Waals surface area contributed by atoms with Crippen molar-refractivity contribution in [2.75, 3.05) is 29.0 Å². The van der Waals surface area contributed by atoms with E-state index in [4.69, 9.17) is 39.5 Å². The van der Waals surface area contributed by atoms with E-state index in [0.29, 0.717) is 59.0 Å². The molecule has 0 aliphatic carbocycles. The Morgan fingerprint density at radius 2 is 1.80 bits per heavy atom. The largest absolute Gasteiger partial charge is 0.393 e. The second kappa shape index (κ2) is 8.93. The van der Waals surface area contributed by atoms with E-state index in [1.54, 1.807) is 23.1 Å². The Bertz CT molecular complexity index is 808. The van der Waals surface area contributed by atoms with E-state index < -0.39 is 0 Å². The van der Waals surface area contributed by atoms with E-state index in [9.17, 15) is 0 Å². The Hall–Kier alpha value is -2.74. The first-order chi connectivity index (χ1) is 12.1. The Balaban J connectivity index is 2.31. The summed E-state index contributed by atoms with van der Waals surface area (Å²) in [4.78, 5) is 10.1. The predicted molar refractivity (Wildman–Crippen MR) is 98.9 cm³/mol. The van der Waals surface area contributed by atoms with Crippen molar-refractivity contribution in [1.82, 2.24) is 9.97 Å². The zero-order valence-electron chi connectivity index (χ0n) is 13.2. The van der Waals surface area contributed by atoms with Crippen LogP contribution in [0.4, 0.5) is 23.0 Å². The van der Waals surface area contributed by atoms with Gasteiger partial charge in [0.05, 0.1) is 35.7 Å². The summed E-state index contributed by atoms with van der Waals surface area (Å²) >= 11 is 12.1. The van der Waals surface area contributed by atoms with Crippen LogP contribution in [0.25, 0.3) is 0 Å². The number of nitrogens with zero attached hydrogens (tertiary/aromatic N) is 5. The average molecular weight is 376 g/mol. The molecule has 0 fully saturated rings. The molecule has 0 saturated heterocycles. The van der Waals surface area contributed by atoms with Gasteiger partial charge >= 0.3 is 0 Å². The summed E-state index contributed by atoms with van der Waals surface area (Å²) in [6.45, 7) is 0.834. The molecular weight excluding hydrogens is 361 g/mol. The van der Waals surface area contributed by atoms with Crippen LogP contribution in [0.2, 0.25) is 10.0 Å². The maximum Gasteiger partial charge on any atom is 0.159 e. The molecule has 1 aromatic carbocycles. The van der Waals surface area contributed by atoms with Crippen LogP contribution in [0, 0.1) is 22.7 Å². The van der Waals surface area contributed by atoms with Gasteiger partial charge < -0.3 is 16.0 Å². The smallest absolute Gasteiger partial charge is 0.159 e. The lowest BCUT2D eigenvalue weighted by Gasteiger charge is -2.23. The average Bonchev–Trinajstić information content (AvgIpc) is 2.59. The number of halogens is 2. The molecule has 2 aromatic rings. The fraction of sp³-hybridized carbons (Fsp3) is 0.250. The first-order valence-corrected chi connectivity index (χ1v) is 8.13. The lowest BCUT2D eigenvalue weighted by Crippen LogP contribution is -2.27. The van der Waals surface area contributed by atoms with E-state index in [0.717, 1.165) is 0 Å². The van der Waals surface area contributed by atoms with E-state index in [1.165, 1.54) is 6.33 Å². The lowest BCUT2D eigenvalue weighted by molar-refractivity contribution is 0.782. The minimum absolute atomic E-state index is 0.292. The third-order valence-corrected chi connectivity index (χ3v) is 3.88. The number of hydrogen-bond acceptors (Lipinski definition) is 7. The molecule has 128 valence electrons. The highest BCUT2D eigenvalue weighted by Gasteiger charge is 2.16. The molecule has 0 aliphatic rings. The predicted octanol–water partition coefficient (Wildman–Crippen LogP) is 3.74. The van der Waals surface area contributed by atoms with Crippen molar-refractivity contribution in [2.24, 2.45) is 0 Å². The molecule has 1 heterocycles. The maximum atomic E-state index is 8.82. The minimum atomic E-state index is 0.292. The van der Waals surface area contributed by atoms with Gasteiger partial charge in [0, 0.05) is 18.1 Å². The van der Waals surface area contributed by atoms with Gasteiger partial charge in [-0.1, -0.05) is 23.2 Å². The first kappa shape index (κ1) is 18.6. The zero-order valence-corrected chi connectivity index (χ0v) is 14.7. The van der Waals surface area contributed by atoms with Crippen LogP contribution in [-0.4, -0.2) is 23.1 Å². The van der Waals surface area contributed by atoms with E-state index in [1.807, 2.05) is 0 Å². The van der Waals surface area contributed by atoms with Gasteiger partial charge in [-0.05, 0) is 18.2 Å². The summed E-state index contributed by atoms with van der Waals surface area (Å²) in [6.07, 6.45) is 1.95.